The van der Waals surface area contributed by atoms with Crippen LogP contribution in [0.2, 0.25) is 0 Å². The van der Waals surface area contributed by atoms with Crippen molar-refractivity contribution in [3.8, 4) is 0 Å². The van der Waals surface area contributed by atoms with Crippen LogP contribution in [-0.2, 0) is 23.9 Å². The molecule has 9 nitrogen and oxygen atoms in total. The minimum Gasteiger partial charge on any atom is -0.460 e. The molecule has 4 heterocycles. The lowest BCUT2D eigenvalue weighted by atomic mass is 9.80. The van der Waals surface area contributed by atoms with Gasteiger partial charge in [0.15, 0.2) is 0 Å². The molecule has 37 heavy (non-hydrogen) atoms. The maximum Gasteiger partial charge on any atom is 0.312 e. The molecule has 0 spiro atoms. The maximum atomic E-state index is 13.0. The molecule has 1 atom stereocenters. The predicted molar refractivity (Wildman–Crippen MR) is 139 cm³/mol. The molecule has 3 aliphatic rings. The van der Waals surface area contributed by atoms with Crippen LogP contribution < -0.4 is 10.2 Å². The smallest absolute Gasteiger partial charge is 0.312 e. The number of aromatic nitrogens is 1. The quantitative estimate of drug-likeness (QED) is 0.477. The van der Waals surface area contributed by atoms with E-state index in [9.17, 15) is 19.2 Å². The number of pyridine rings is 1. The molecule has 4 rings (SSSR count). The summed E-state index contributed by atoms with van der Waals surface area (Å²) in [5, 5.41) is 2.40. The third-order valence-electron chi connectivity index (χ3n) is 7.93. The molecule has 3 amide bonds. The minimum absolute atomic E-state index is 0.168. The van der Waals surface area contributed by atoms with Crippen LogP contribution in [-0.4, -0.2) is 65.4 Å². The highest BCUT2D eigenvalue weighted by Gasteiger charge is 2.41. The molecule has 202 valence electrons. The monoisotopic (exact) mass is 512 g/mol. The highest BCUT2D eigenvalue weighted by atomic mass is 16.6. The van der Waals surface area contributed by atoms with Crippen molar-refractivity contribution in [2.45, 2.75) is 84.2 Å². The normalized spacial score (nSPS) is 23.0. The summed E-state index contributed by atoms with van der Waals surface area (Å²) in [6.07, 6.45) is 6.26. The largest absolute Gasteiger partial charge is 0.460 e. The van der Waals surface area contributed by atoms with Crippen LogP contribution in [0, 0.1) is 11.3 Å². The molecule has 0 unspecified atom stereocenters. The first-order valence-corrected chi connectivity index (χ1v) is 13.5. The summed E-state index contributed by atoms with van der Waals surface area (Å²) in [5.41, 5.74) is -0.207. The molecular formula is C28H40N4O5. The van der Waals surface area contributed by atoms with Crippen molar-refractivity contribution in [3.05, 3.63) is 23.9 Å². The van der Waals surface area contributed by atoms with Crippen LogP contribution in [0.25, 0.3) is 0 Å². The van der Waals surface area contributed by atoms with Crippen LogP contribution in [0.5, 0.6) is 0 Å². The number of hydrogen-bond donors (Lipinski definition) is 1. The number of carbonyl (C=O) groups is 4. The van der Waals surface area contributed by atoms with E-state index in [1.54, 1.807) is 6.20 Å². The van der Waals surface area contributed by atoms with E-state index in [1.807, 2.05) is 44.7 Å². The van der Waals surface area contributed by atoms with Gasteiger partial charge in [-0.15, -0.1) is 0 Å². The summed E-state index contributed by atoms with van der Waals surface area (Å²) in [7, 11) is 0. The second kappa shape index (κ2) is 10.8. The second-order valence-corrected chi connectivity index (χ2v) is 12.0. The summed E-state index contributed by atoms with van der Waals surface area (Å²) < 4.78 is 5.61. The van der Waals surface area contributed by atoms with E-state index in [0.29, 0.717) is 51.1 Å². The van der Waals surface area contributed by atoms with Gasteiger partial charge in [0.1, 0.15) is 11.4 Å². The van der Waals surface area contributed by atoms with Crippen LogP contribution in [0.4, 0.5) is 5.82 Å². The van der Waals surface area contributed by atoms with Gasteiger partial charge in [0, 0.05) is 45.2 Å². The Bertz CT molecular complexity index is 1020. The first-order valence-electron chi connectivity index (χ1n) is 13.5. The van der Waals surface area contributed by atoms with Crippen LogP contribution in [0.15, 0.2) is 18.3 Å². The van der Waals surface area contributed by atoms with Gasteiger partial charge in [0.05, 0.1) is 11.3 Å². The Kier molecular flexibility index (Phi) is 7.90. The second-order valence-electron chi connectivity index (χ2n) is 12.0. The molecule has 0 aromatic carbocycles. The third-order valence-corrected chi connectivity index (χ3v) is 7.93. The van der Waals surface area contributed by atoms with E-state index in [2.05, 4.69) is 15.2 Å². The number of rotatable bonds is 5. The molecule has 3 saturated heterocycles. The van der Waals surface area contributed by atoms with Crippen molar-refractivity contribution in [1.82, 2.24) is 15.2 Å². The Balaban J connectivity index is 1.22. The van der Waals surface area contributed by atoms with Crippen molar-refractivity contribution in [3.63, 3.8) is 0 Å². The Morgan fingerprint density at radius 1 is 1.08 bits per heavy atom. The number of piperidine rings is 3. The van der Waals surface area contributed by atoms with E-state index < -0.39 is 11.0 Å². The third kappa shape index (κ3) is 6.67. The Labute approximate surface area is 219 Å². The van der Waals surface area contributed by atoms with E-state index in [1.165, 1.54) is 0 Å². The minimum atomic E-state index is -0.532. The average Bonchev–Trinajstić information content (AvgIpc) is 2.84. The summed E-state index contributed by atoms with van der Waals surface area (Å²) in [6.45, 7) is 10.4. The summed E-state index contributed by atoms with van der Waals surface area (Å²) >= 11 is 0. The topological polar surface area (TPSA) is 109 Å². The molecule has 0 aliphatic carbocycles. The predicted octanol–water partition coefficient (Wildman–Crippen LogP) is 3.18. The number of likely N-dealkylation sites (tertiary alicyclic amines) is 1. The van der Waals surface area contributed by atoms with Crippen molar-refractivity contribution in [2.75, 3.05) is 31.1 Å². The number of nitrogens with one attached hydrogen (secondary N) is 1. The first-order chi connectivity index (χ1) is 17.4. The lowest BCUT2D eigenvalue weighted by molar-refractivity contribution is -0.170. The van der Waals surface area contributed by atoms with Gasteiger partial charge in [-0.3, -0.25) is 24.5 Å². The van der Waals surface area contributed by atoms with Crippen molar-refractivity contribution < 1.29 is 23.9 Å². The summed E-state index contributed by atoms with van der Waals surface area (Å²) in [4.78, 5) is 57.9. The zero-order valence-corrected chi connectivity index (χ0v) is 22.5. The number of carbonyl (C=O) groups excluding carboxylic acids is 4. The van der Waals surface area contributed by atoms with Crippen LogP contribution in [0.1, 0.15) is 84.1 Å². The number of esters is 1. The fourth-order valence-corrected chi connectivity index (χ4v) is 5.40. The van der Waals surface area contributed by atoms with Gasteiger partial charge < -0.3 is 14.5 Å². The molecule has 1 N–H and O–H groups in total. The first kappa shape index (κ1) is 27.1. The SMILES string of the molecule is CC(C)(C)OC(=O)C1(C)CCN(C(=O)CC2CCN(c3ccc([C@H]4CCC(=O)NC4=O)cn3)CC2)CC1. The van der Waals surface area contributed by atoms with Gasteiger partial charge in [0.25, 0.3) is 0 Å². The molecule has 0 bridgehead atoms. The van der Waals surface area contributed by atoms with Gasteiger partial charge in [-0.1, -0.05) is 6.07 Å². The molecule has 9 heteroatoms. The zero-order valence-electron chi connectivity index (χ0n) is 22.5. The van der Waals surface area contributed by atoms with Crippen molar-refractivity contribution in [2.24, 2.45) is 11.3 Å². The molecule has 3 aliphatic heterocycles. The van der Waals surface area contributed by atoms with Gasteiger partial charge in [-0.2, -0.15) is 0 Å². The van der Waals surface area contributed by atoms with Crippen molar-refractivity contribution in [1.29, 1.82) is 0 Å². The maximum absolute atomic E-state index is 13.0. The van der Waals surface area contributed by atoms with Crippen molar-refractivity contribution >= 4 is 29.5 Å². The molecule has 0 radical (unpaired) electrons. The highest BCUT2D eigenvalue weighted by molar-refractivity contribution is 6.00. The number of ether oxygens (including phenoxy) is 1. The number of amides is 3. The number of nitrogens with zero attached hydrogens (tertiary/aromatic N) is 3. The molecule has 1 aromatic heterocycles. The van der Waals surface area contributed by atoms with Gasteiger partial charge in [-0.05, 0) is 77.3 Å². The fraction of sp³-hybridized carbons (Fsp3) is 0.679. The number of imide groups is 1. The highest BCUT2D eigenvalue weighted by Crippen LogP contribution is 2.35. The molecule has 0 saturated carbocycles. The molecular weight excluding hydrogens is 472 g/mol. The van der Waals surface area contributed by atoms with Gasteiger partial charge in [0.2, 0.25) is 17.7 Å². The van der Waals surface area contributed by atoms with Crippen LogP contribution >= 0.6 is 0 Å². The molecule has 3 fully saturated rings. The lowest BCUT2D eigenvalue weighted by Gasteiger charge is -2.40. The number of hydrogen-bond acceptors (Lipinski definition) is 7. The average molecular weight is 513 g/mol. The standard InChI is InChI=1S/C28H40N4O5/c1-27(2,3)37-26(36)28(4)11-15-32(16-12-28)24(34)17-19-9-13-31(14-10-19)22-7-5-20(18-29-22)21-6-8-23(33)30-25(21)35/h5,7,18-19,21H,6,8-17H2,1-4H3,(H,30,33,35)/t21-/m1/s1. The van der Waals surface area contributed by atoms with Gasteiger partial charge in [-0.25, -0.2) is 4.98 Å². The molecule has 1 aromatic rings. The Morgan fingerprint density at radius 2 is 1.76 bits per heavy atom. The van der Waals surface area contributed by atoms with Crippen LogP contribution in [0.3, 0.4) is 0 Å². The van der Waals surface area contributed by atoms with E-state index in [4.69, 9.17) is 4.74 Å². The summed E-state index contributed by atoms with van der Waals surface area (Å²) in [6, 6.07) is 3.87. The number of anilines is 1. The zero-order chi connectivity index (χ0) is 26.8. The van der Waals surface area contributed by atoms with E-state index in [0.717, 1.165) is 37.3 Å². The van der Waals surface area contributed by atoms with E-state index >= 15 is 0 Å². The Hall–Kier alpha value is -2.97. The van der Waals surface area contributed by atoms with Gasteiger partial charge >= 0.3 is 5.97 Å². The Morgan fingerprint density at radius 3 is 2.32 bits per heavy atom. The lowest BCUT2D eigenvalue weighted by Crippen LogP contribution is -2.47. The summed E-state index contributed by atoms with van der Waals surface area (Å²) in [5.74, 6) is 0.428. The van der Waals surface area contributed by atoms with E-state index in [-0.39, 0.29) is 29.6 Å². The fourth-order valence-electron chi connectivity index (χ4n) is 5.40.